The summed E-state index contributed by atoms with van der Waals surface area (Å²) in [5.41, 5.74) is 1.95. The molecular weight excluding hydrogens is 483 g/mol. The monoisotopic (exact) mass is 508 g/mol. The van der Waals surface area contributed by atoms with Crippen molar-refractivity contribution in [1.82, 2.24) is 24.0 Å². The van der Waals surface area contributed by atoms with Gasteiger partial charge >= 0.3 is 0 Å². The van der Waals surface area contributed by atoms with Crippen LogP contribution >= 0.6 is 0 Å². The van der Waals surface area contributed by atoms with Gasteiger partial charge in [-0.1, -0.05) is 12.1 Å². The molecule has 1 aliphatic heterocycles. The van der Waals surface area contributed by atoms with Crippen LogP contribution in [0.25, 0.3) is 21.9 Å². The molecule has 2 aromatic heterocycles. The zero-order valence-corrected chi connectivity index (χ0v) is 20.7. The number of aryl methyl sites for hydroxylation is 1. The van der Waals surface area contributed by atoms with Crippen LogP contribution in [0.4, 0.5) is 10.2 Å². The predicted molar refractivity (Wildman–Crippen MR) is 135 cm³/mol. The standard InChI is InChI=1S/C25H25FN6O3S/c1-30-7-9-32(10-8-30)36(34,35)23-12-18(5-6-22(23)26)25(33)29-24-13-20-11-17(3-4-19(20)14-27-24)21-15-28-31(2)16-21/h3-6,11-16H,7-10H2,1-2H3,(H,27,29,33). The summed E-state index contributed by atoms with van der Waals surface area (Å²) >= 11 is 0. The smallest absolute Gasteiger partial charge is 0.256 e. The lowest BCUT2D eigenvalue weighted by Crippen LogP contribution is -2.47. The molecule has 1 N–H and O–H groups in total. The summed E-state index contributed by atoms with van der Waals surface area (Å²) in [5, 5.41) is 8.64. The van der Waals surface area contributed by atoms with Crippen molar-refractivity contribution in [3.8, 4) is 11.1 Å². The number of benzene rings is 2. The number of nitrogens with zero attached hydrogens (tertiary/aromatic N) is 5. The summed E-state index contributed by atoms with van der Waals surface area (Å²) in [6.45, 7) is 1.63. The first-order valence-electron chi connectivity index (χ1n) is 11.4. The number of halogens is 1. The third-order valence-electron chi connectivity index (χ3n) is 6.28. The Kier molecular flexibility index (Phi) is 6.29. The molecule has 9 nitrogen and oxygen atoms in total. The Bertz CT molecular complexity index is 1560. The molecular formula is C25H25FN6O3S. The highest BCUT2D eigenvalue weighted by Gasteiger charge is 2.30. The number of piperazine rings is 1. The van der Waals surface area contributed by atoms with Gasteiger partial charge in [-0.25, -0.2) is 17.8 Å². The van der Waals surface area contributed by atoms with Crippen LogP contribution in [0.15, 0.2) is 66.0 Å². The van der Waals surface area contributed by atoms with Gasteiger partial charge < -0.3 is 10.2 Å². The van der Waals surface area contributed by atoms with Crippen molar-refractivity contribution < 1.29 is 17.6 Å². The van der Waals surface area contributed by atoms with E-state index in [2.05, 4.69) is 15.4 Å². The zero-order chi connectivity index (χ0) is 25.4. The third kappa shape index (κ3) is 4.72. The fourth-order valence-electron chi connectivity index (χ4n) is 4.16. The second-order valence-corrected chi connectivity index (χ2v) is 10.7. The highest BCUT2D eigenvalue weighted by Crippen LogP contribution is 2.26. The molecule has 0 atom stereocenters. The number of aromatic nitrogens is 3. The number of anilines is 1. The lowest BCUT2D eigenvalue weighted by Gasteiger charge is -2.31. The van der Waals surface area contributed by atoms with Crippen molar-refractivity contribution in [2.24, 2.45) is 7.05 Å². The SMILES string of the molecule is CN1CCN(S(=O)(=O)c2cc(C(=O)Nc3cc4cc(-c5cnn(C)c5)ccc4cn3)ccc2F)CC1. The lowest BCUT2D eigenvalue weighted by atomic mass is 10.1. The molecule has 4 aromatic rings. The first kappa shape index (κ1) is 24.0. The average molecular weight is 509 g/mol. The van der Waals surface area contributed by atoms with E-state index >= 15 is 0 Å². The van der Waals surface area contributed by atoms with Crippen molar-refractivity contribution in [2.75, 3.05) is 38.5 Å². The molecule has 0 bridgehead atoms. The Labute approximate surface area is 208 Å². The molecule has 0 spiro atoms. The number of nitrogens with one attached hydrogen (secondary N) is 1. The van der Waals surface area contributed by atoms with E-state index in [1.807, 2.05) is 43.4 Å². The molecule has 1 amide bonds. The minimum Gasteiger partial charge on any atom is -0.307 e. The molecule has 1 fully saturated rings. The van der Waals surface area contributed by atoms with Crippen molar-refractivity contribution in [1.29, 1.82) is 0 Å². The third-order valence-corrected chi connectivity index (χ3v) is 8.19. The van der Waals surface area contributed by atoms with E-state index in [-0.39, 0.29) is 18.7 Å². The maximum absolute atomic E-state index is 14.6. The first-order valence-corrected chi connectivity index (χ1v) is 12.8. The number of carbonyl (C=O) groups is 1. The van der Waals surface area contributed by atoms with Crippen LogP contribution in [-0.4, -0.2) is 71.5 Å². The summed E-state index contributed by atoms with van der Waals surface area (Å²) in [6.07, 6.45) is 5.33. The van der Waals surface area contributed by atoms with E-state index in [9.17, 15) is 17.6 Å². The average Bonchev–Trinajstić information content (AvgIpc) is 3.30. The molecule has 0 saturated carbocycles. The van der Waals surface area contributed by atoms with E-state index < -0.39 is 26.6 Å². The van der Waals surface area contributed by atoms with E-state index in [0.29, 0.717) is 18.9 Å². The van der Waals surface area contributed by atoms with Gasteiger partial charge in [0.1, 0.15) is 16.5 Å². The molecule has 0 radical (unpaired) electrons. The summed E-state index contributed by atoms with van der Waals surface area (Å²) in [6, 6.07) is 11.0. The largest absolute Gasteiger partial charge is 0.307 e. The van der Waals surface area contributed by atoms with Gasteiger partial charge in [-0.15, -0.1) is 0 Å². The molecule has 0 unspecified atom stereocenters. The van der Waals surface area contributed by atoms with E-state index in [0.717, 1.165) is 34.0 Å². The van der Waals surface area contributed by atoms with E-state index in [4.69, 9.17) is 0 Å². The number of amides is 1. The number of carbonyl (C=O) groups excluding carboxylic acids is 1. The first-order chi connectivity index (χ1) is 17.2. The molecule has 36 heavy (non-hydrogen) atoms. The molecule has 2 aromatic carbocycles. The Morgan fingerprint density at radius 3 is 2.44 bits per heavy atom. The van der Waals surface area contributed by atoms with Crippen LogP contribution in [0, 0.1) is 5.82 Å². The van der Waals surface area contributed by atoms with E-state index in [1.54, 1.807) is 23.1 Å². The van der Waals surface area contributed by atoms with Crippen LogP contribution in [-0.2, 0) is 17.1 Å². The highest BCUT2D eigenvalue weighted by molar-refractivity contribution is 7.89. The minimum atomic E-state index is -4.07. The fraction of sp³-hybridized carbons (Fsp3) is 0.240. The highest BCUT2D eigenvalue weighted by atomic mass is 32.2. The molecule has 186 valence electrons. The topological polar surface area (TPSA) is 100 Å². The Hall–Kier alpha value is -3.67. The second kappa shape index (κ2) is 9.41. The van der Waals surface area contributed by atoms with Gasteiger partial charge in [0.05, 0.1) is 6.20 Å². The van der Waals surface area contributed by atoms with Crippen molar-refractivity contribution in [2.45, 2.75) is 4.90 Å². The molecule has 3 heterocycles. The van der Waals surface area contributed by atoms with Crippen molar-refractivity contribution in [3.05, 3.63) is 72.4 Å². The lowest BCUT2D eigenvalue weighted by molar-refractivity contribution is 0.102. The number of hydrogen-bond acceptors (Lipinski definition) is 6. The van der Waals surface area contributed by atoms with Crippen LogP contribution in [0.5, 0.6) is 0 Å². The maximum Gasteiger partial charge on any atom is 0.256 e. The number of fused-ring (bicyclic) bond motifs is 1. The van der Waals surface area contributed by atoms with Gasteiger partial charge in [0.15, 0.2) is 0 Å². The van der Waals surface area contributed by atoms with Crippen LogP contribution in [0.3, 0.4) is 0 Å². The van der Waals surface area contributed by atoms with Crippen LogP contribution in [0.2, 0.25) is 0 Å². The summed E-state index contributed by atoms with van der Waals surface area (Å²) in [5.74, 6) is -1.18. The van der Waals surface area contributed by atoms with Crippen molar-refractivity contribution >= 4 is 32.5 Å². The molecule has 1 aliphatic rings. The molecule has 0 aliphatic carbocycles. The van der Waals surface area contributed by atoms with Crippen molar-refractivity contribution in [3.63, 3.8) is 0 Å². The van der Waals surface area contributed by atoms with Gasteiger partial charge in [-0.2, -0.15) is 9.40 Å². The van der Waals surface area contributed by atoms with E-state index in [1.165, 1.54) is 10.4 Å². The van der Waals surface area contributed by atoms with Gasteiger partial charge in [0.2, 0.25) is 10.0 Å². The number of pyridine rings is 1. The summed E-state index contributed by atoms with van der Waals surface area (Å²) in [4.78, 5) is 18.7. The summed E-state index contributed by atoms with van der Waals surface area (Å²) < 4.78 is 43.7. The van der Waals surface area contributed by atoms with Gasteiger partial charge in [0, 0.05) is 62.1 Å². The number of likely N-dealkylation sites (N-methyl/N-ethyl adjacent to an activating group) is 1. The Morgan fingerprint density at radius 2 is 1.72 bits per heavy atom. The molecule has 5 rings (SSSR count). The Balaban J connectivity index is 1.40. The van der Waals surface area contributed by atoms with Crippen LogP contribution < -0.4 is 5.32 Å². The fourth-order valence-corrected chi connectivity index (χ4v) is 5.67. The quantitative estimate of drug-likeness (QED) is 0.445. The minimum absolute atomic E-state index is 0.0233. The van der Waals surface area contributed by atoms with Crippen LogP contribution in [0.1, 0.15) is 10.4 Å². The van der Waals surface area contributed by atoms with Gasteiger partial charge in [0.25, 0.3) is 5.91 Å². The maximum atomic E-state index is 14.6. The van der Waals surface area contributed by atoms with Gasteiger partial charge in [-0.3, -0.25) is 9.48 Å². The molecule has 1 saturated heterocycles. The second-order valence-electron chi connectivity index (χ2n) is 8.84. The summed E-state index contributed by atoms with van der Waals surface area (Å²) in [7, 11) is -0.329. The Morgan fingerprint density at radius 1 is 0.944 bits per heavy atom. The number of rotatable bonds is 5. The number of sulfonamides is 1. The number of hydrogen-bond donors (Lipinski definition) is 1. The predicted octanol–water partition coefficient (Wildman–Crippen LogP) is 2.96. The zero-order valence-electron chi connectivity index (χ0n) is 19.8. The molecule has 11 heteroatoms. The van der Waals surface area contributed by atoms with Gasteiger partial charge in [-0.05, 0) is 48.3 Å². The normalized spacial score (nSPS) is 15.3.